The Morgan fingerprint density at radius 1 is 1.18 bits per heavy atom. The van der Waals surface area contributed by atoms with Gasteiger partial charge in [-0.2, -0.15) is 0 Å². The van der Waals surface area contributed by atoms with Crippen molar-refractivity contribution in [2.75, 3.05) is 11.5 Å². The van der Waals surface area contributed by atoms with Crippen molar-refractivity contribution in [3.8, 4) is 0 Å². The lowest BCUT2D eigenvalue weighted by atomic mass is 10.1. The SMILES string of the molecule is CC(CCc1ccc(N)cc1[N+](=O)[O-])=Nc1cccc(N)c1. The fraction of sp³-hybridized carbons (Fsp3) is 0.188. The zero-order chi connectivity index (χ0) is 16.1. The van der Waals surface area contributed by atoms with Crippen LogP contribution in [0.5, 0.6) is 0 Å². The second kappa shape index (κ2) is 6.71. The number of nitrogens with two attached hydrogens (primary N) is 2. The van der Waals surface area contributed by atoms with Gasteiger partial charge in [0.05, 0.1) is 10.6 Å². The van der Waals surface area contributed by atoms with E-state index in [4.69, 9.17) is 11.5 Å². The second-order valence-electron chi connectivity index (χ2n) is 5.09. The molecule has 0 aliphatic carbocycles. The molecule has 6 nitrogen and oxygen atoms in total. The van der Waals surface area contributed by atoms with Crippen LogP contribution in [0, 0.1) is 10.1 Å². The summed E-state index contributed by atoms with van der Waals surface area (Å²) in [6.07, 6.45) is 1.16. The average molecular weight is 298 g/mol. The van der Waals surface area contributed by atoms with Gasteiger partial charge in [0.15, 0.2) is 0 Å². The molecule has 22 heavy (non-hydrogen) atoms. The fourth-order valence-electron chi connectivity index (χ4n) is 2.15. The fourth-order valence-corrected chi connectivity index (χ4v) is 2.15. The summed E-state index contributed by atoms with van der Waals surface area (Å²) >= 11 is 0. The Labute approximate surface area is 128 Å². The van der Waals surface area contributed by atoms with E-state index in [-0.39, 0.29) is 5.69 Å². The molecule has 0 saturated heterocycles. The van der Waals surface area contributed by atoms with Crippen LogP contribution < -0.4 is 11.5 Å². The van der Waals surface area contributed by atoms with Crippen LogP contribution in [0.25, 0.3) is 0 Å². The van der Waals surface area contributed by atoms with Crippen molar-refractivity contribution in [2.24, 2.45) is 4.99 Å². The largest absolute Gasteiger partial charge is 0.399 e. The summed E-state index contributed by atoms with van der Waals surface area (Å²) in [4.78, 5) is 15.1. The van der Waals surface area contributed by atoms with Crippen molar-refractivity contribution in [1.82, 2.24) is 0 Å². The lowest BCUT2D eigenvalue weighted by Crippen LogP contribution is -2.00. The van der Waals surface area contributed by atoms with E-state index in [1.807, 2.05) is 19.1 Å². The van der Waals surface area contributed by atoms with E-state index in [1.54, 1.807) is 24.3 Å². The van der Waals surface area contributed by atoms with E-state index in [2.05, 4.69) is 4.99 Å². The van der Waals surface area contributed by atoms with Crippen LogP contribution in [-0.2, 0) is 6.42 Å². The van der Waals surface area contributed by atoms with Crippen LogP contribution in [0.2, 0.25) is 0 Å². The topological polar surface area (TPSA) is 108 Å². The summed E-state index contributed by atoms with van der Waals surface area (Å²) in [5.41, 5.74) is 14.7. The Hall–Kier alpha value is -2.89. The maximum Gasteiger partial charge on any atom is 0.274 e. The number of anilines is 2. The Morgan fingerprint density at radius 3 is 2.59 bits per heavy atom. The minimum absolute atomic E-state index is 0.0526. The van der Waals surface area contributed by atoms with E-state index in [0.29, 0.717) is 29.8 Å². The van der Waals surface area contributed by atoms with Gasteiger partial charge in [0.2, 0.25) is 0 Å². The quantitative estimate of drug-likeness (QED) is 0.381. The highest BCUT2D eigenvalue weighted by molar-refractivity contribution is 5.85. The Kier molecular flexibility index (Phi) is 4.73. The molecule has 6 heteroatoms. The molecular formula is C16H18N4O2. The van der Waals surface area contributed by atoms with Crippen molar-refractivity contribution in [3.05, 3.63) is 58.1 Å². The van der Waals surface area contributed by atoms with E-state index in [0.717, 1.165) is 11.4 Å². The smallest absolute Gasteiger partial charge is 0.274 e. The van der Waals surface area contributed by atoms with Gasteiger partial charge in [0, 0.05) is 28.7 Å². The van der Waals surface area contributed by atoms with Crippen LogP contribution in [-0.4, -0.2) is 10.6 Å². The number of aryl methyl sites for hydroxylation is 1. The van der Waals surface area contributed by atoms with Crippen LogP contribution in [0.1, 0.15) is 18.9 Å². The van der Waals surface area contributed by atoms with E-state index < -0.39 is 4.92 Å². The molecule has 0 atom stereocenters. The lowest BCUT2D eigenvalue weighted by Gasteiger charge is -2.05. The van der Waals surface area contributed by atoms with E-state index in [9.17, 15) is 10.1 Å². The van der Waals surface area contributed by atoms with Crippen molar-refractivity contribution >= 4 is 28.5 Å². The zero-order valence-electron chi connectivity index (χ0n) is 12.3. The number of hydrogen-bond acceptors (Lipinski definition) is 5. The average Bonchev–Trinajstić information content (AvgIpc) is 2.45. The number of hydrogen-bond donors (Lipinski definition) is 2. The summed E-state index contributed by atoms with van der Waals surface area (Å²) in [5.74, 6) is 0. The molecule has 0 aliphatic heterocycles. The zero-order valence-corrected chi connectivity index (χ0v) is 12.3. The second-order valence-corrected chi connectivity index (χ2v) is 5.09. The van der Waals surface area contributed by atoms with Gasteiger partial charge in [-0.15, -0.1) is 0 Å². The molecule has 114 valence electrons. The van der Waals surface area contributed by atoms with Gasteiger partial charge in [0.1, 0.15) is 0 Å². The Morgan fingerprint density at radius 2 is 1.91 bits per heavy atom. The Bertz CT molecular complexity index is 726. The van der Waals surface area contributed by atoms with E-state index in [1.165, 1.54) is 6.07 Å². The molecule has 0 saturated carbocycles. The van der Waals surface area contributed by atoms with Crippen molar-refractivity contribution < 1.29 is 4.92 Å². The molecule has 0 spiro atoms. The molecule has 0 fully saturated rings. The van der Waals surface area contributed by atoms with Gasteiger partial charge in [-0.3, -0.25) is 15.1 Å². The Balaban J connectivity index is 2.11. The minimum Gasteiger partial charge on any atom is -0.399 e. The number of aliphatic imine (C=N–C) groups is 1. The normalized spacial score (nSPS) is 11.4. The van der Waals surface area contributed by atoms with Gasteiger partial charge in [-0.05, 0) is 44.0 Å². The highest BCUT2D eigenvalue weighted by Gasteiger charge is 2.13. The molecule has 2 aromatic rings. The lowest BCUT2D eigenvalue weighted by molar-refractivity contribution is -0.385. The van der Waals surface area contributed by atoms with Gasteiger partial charge < -0.3 is 11.5 Å². The third kappa shape index (κ3) is 4.05. The van der Waals surface area contributed by atoms with Crippen LogP contribution in [0.3, 0.4) is 0 Å². The molecule has 0 aliphatic rings. The monoisotopic (exact) mass is 298 g/mol. The maximum absolute atomic E-state index is 11.1. The molecule has 2 aromatic carbocycles. The van der Waals surface area contributed by atoms with Crippen molar-refractivity contribution in [3.63, 3.8) is 0 Å². The predicted molar refractivity (Wildman–Crippen MR) is 89.5 cm³/mol. The van der Waals surface area contributed by atoms with Gasteiger partial charge in [0.25, 0.3) is 5.69 Å². The molecule has 0 heterocycles. The maximum atomic E-state index is 11.1. The molecule has 0 amide bonds. The molecule has 0 radical (unpaired) electrons. The summed E-state index contributed by atoms with van der Waals surface area (Å²) in [6.45, 7) is 1.90. The third-order valence-electron chi connectivity index (χ3n) is 3.25. The van der Waals surface area contributed by atoms with E-state index >= 15 is 0 Å². The highest BCUT2D eigenvalue weighted by atomic mass is 16.6. The first-order chi connectivity index (χ1) is 10.5. The molecule has 4 N–H and O–H groups in total. The summed E-state index contributed by atoms with van der Waals surface area (Å²) in [5, 5.41) is 11.1. The number of nitrogen functional groups attached to an aromatic ring is 2. The first-order valence-corrected chi connectivity index (χ1v) is 6.88. The number of rotatable bonds is 5. The van der Waals surface area contributed by atoms with Crippen LogP contribution in [0.4, 0.5) is 22.7 Å². The number of benzene rings is 2. The molecule has 2 rings (SSSR count). The van der Waals surface area contributed by atoms with Crippen molar-refractivity contribution in [1.29, 1.82) is 0 Å². The molecular weight excluding hydrogens is 280 g/mol. The third-order valence-corrected chi connectivity index (χ3v) is 3.25. The van der Waals surface area contributed by atoms with Gasteiger partial charge in [-0.25, -0.2) is 0 Å². The van der Waals surface area contributed by atoms with Crippen molar-refractivity contribution in [2.45, 2.75) is 19.8 Å². The van der Waals surface area contributed by atoms with Crippen LogP contribution in [0.15, 0.2) is 47.5 Å². The molecule has 0 bridgehead atoms. The highest BCUT2D eigenvalue weighted by Crippen LogP contribution is 2.23. The number of nitro groups is 1. The summed E-state index contributed by atoms with van der Waals surface area (Å²) in [7, 11) is 0. The summed E-state index contributed by atoms with van der Waals surface area (Å²) in [6, 6.07) is 12.0. The standard InChI is InChI=1S/C16H18N4O2/c1-11(19-15-4-2-3-13(17)9-15)5-6-12-7-8-14(18)10-16(12)20(21)22/h2-4,7-10H,5-6,17-18H2,1H3. The minimum atomic E-state index is -0.407. The van der Waals surface area contributed by atoms with Gasteiger partial charge >= 0.3 is 0 Å². The van der Waals surface area contributed by atoms with Crippen LogP contribution >= 0.6 is 0 Å². The number of nitro benzene ring substituents is 1. The number of nitrogens with zero attached hydrogens (tertiary/aromatic N) is 2. The first-order valence-electron chi connectivity index (χ1n) is 6.88. The van der Waals surface area contributed by atoms with Gasteiger partial charge in [-0.1, -0.05) is 12.1 Å². The predicted octanol–water partition coefficient (Wildman–Crippen LogP) is 3.48. The first kappa shape index (κ1) is 15.5. The molecule has 0 unspecified atom stereocenters. The summed E-state index contributed by atoms with van der Waals surface area (Å²) < 4.78 is 0. The molecule has 0 aromatic heterocycles.